The molecular weight excluding hydrogens is 304 g/mol. The molecule has 22 heavy (non-hydrogen) atoms. The largest absolute Gasteiger partial charge is 0.456 e. The number of halogens is 1. The molecule has 0 saturated carbocycles. The lowest BCUT2D eigenvalue weighted by Crippen LogP contribution is -2.21. The lowest BCUT2D eigenvalue weighted by molar-refractivity contribution is -0.147. The van der Waals surface area contributed by atoms with E-state index in [2.05, 4.69) is 5.32 Å². The molecule has 2 rings (SSSR count). The third-order valence-electron chi connectivity index (χ3n) is 3.28. The van der Waals surface area contributed by atoms with Crippen LogP contribution in [0.15, 0.2) is 30.4 Å². The molecule has 0 fully saturated rings. The average Bonchev–Trinajstić information content (AvgIpc) is 2.98. The number of esters is 1. The zero-order chi connectivity index (χ0) is 15.9. The number of allylic oxidation sites excluding steroid dienone is 2. The fourth-order valence-corrected chi connectivity index (χ4v) is 2.39. The fourth-order valence-electron chi connectivity index (χ4n) is 2.16. The maximum atomic E-state index is 11.7. The predicted octanol–water partition coefficient (Wildman–Crippen LogP) is 3.05. The normalized spacial score (nSPS) is 16.1. The van der Waals surface area contributed by atoms with Crippen molar-refractivity contribution in [3.05, 3.63) is 40.9 Å². The van der Waals surface area contributed by atoms with Gasteiger partial charge in [-0.25, -0.2) is 0 Å². The van der Waals surface area contributed by atoms with Crippen molar-refractivity contribution in [3.63, 3.8) is 0 Å². The summed E-state index contributed by atoms with van der Waals surface area (Å²) in [5, 5.41) is 11.6. The molecule has 0 saturated heterocycles. The second kappa shape index (κ2) is 7.62. The molecule has 1 atom stereocenters. The van der Waals surface area contributed by atoms with Gasteiger partial charge in [0.25, 0.3) is 5.91 Å². The quantitative estimate of drug-likeness (QED) is 0.668. The number of anilines is 1. The number of hydrogen-bond acceptors (Lipinski definition) is 4. The number of ether oxygens (including phenoxy) is 1. The molecule has 6 heteroatoms. The topological polar surface area (TPSA) is 79.2 Å². The van der Waals surface area contributed by atoms with Gasteiger partial charge in [-0.15, -0.1) is 0 Å². The molecule has 114 valence electrons. The lowest BCUT2D eigenvalue weighted by Gasteiger charge is -2.09. The van der Waals surface area contributed by atoms with E-state index in [4.69, 9.17) is 21.6 Å². The number of carbonyl (C=O) groups is 2. The summed E-state index contributed by atoms with van der Waals surface area (Å²) < 4.78 is 4.94. The molecule has 0 aliphatic heterocycles. The molecular formula is C16H15ClN2O3. The molecule has 1 aromatic rings. The van der Waals surface area contributed by atoms with Gasteiger partial charge in [-0.05, 0) is 37.0 Å². The van der Waals surface area contributed by atoms with Crippen molar-refractivity contribution < 1.29 is 14.3 Å². The third-order valence-corrected chi connectivity index (χ3v) is 3.59. The Bertz CT molecular complexity index is 649. The fraction of sp³-hybridized carbons (Fsp3) is 0.312. The van der Waals surface area contributed by atoms with Crippen LogP contribution in [0.4, 0.5) is 5.69 Å². The molecule has 5 nitrogen and oxygen atoms in total. The number of benzene rings is 1. The van der Waals surface area contributed by atoms with Crippen LogP contribution in [0.25, 0.3) is 0 Å². The molecule has 1 aliphatic carbocycles. The Morgan fingerprint density at radius 1 is 1.45 bits per heavy atom. The van der Waals surface area contributed by atoms with Crippen LogP contribution >= 0.6 is 11.6 Å². The first-order valence-corrected chi connectivity index (χ1v) is 7.28. The number of carbonyl (C=O) groups excluding carboxylic acids is 2. The number of hydrogen-bond donors (Lipinski definition) is 1. The van der Waals surface area contributed by atoms with Crippen LogP contribution in [-0.4, -0.2) is 18.5 Å². The number of amides is 1. The molecule has 1 aromatic carbocycles. The number of rotatable bonds is 5. The highest BCUT2D eigenvalue weighted by atomic mass is 35.5. The second-order valence-electron chi connectivity index (χ2n) is 4.98. The first kappa shape index (κ1) is 16.1. The van der Waals surface area contributed by atoms with Gasteiger partial charge in [-0.3, -0.25) is 9.59 Å². The van der Waals surface area contributed by atoms with E-state index >= 15 is 0 Å². The van der Waals surface area contributed by atoms with Crippen molar-refractivity contribution in [2.45, 2.75) is 19.3 Å². The van der Waals surface area contributed by atoms with Crippen molar-refractivity contribution in [2.75, 3.05) is 11.9 Å². The highest BCUT2D eigenvalue weighted by molar-refractivity contribution is 6.32. The summed E-state index contributed by atoms with van der Waals surface area (Å²) in [5.41, 5.74) is 0.777. The summed E-state index contributed by atoms with van der Waals surface area (Å²) >= 11 is 5.87. The van der Waals surface area contributed by atoms with Crippen LogP contribution in [0.2, 0.25) is 5.02 Å². The van der Waals surface area contributed by atoms with Crippen molar-refractivity contribution in [3.8, 4) is 6.07 Å². The van der Waals surface area contributed by atoms with Crippen molar-refractivity contribution >= 4 is 29.2 Å². The Kier molecular flexibility index (Phi) is 5.56. The minimum Gasteiger partial charge on any atom is -0.456 e. The van der Waals surface area contributed by atoms with Gasteiger partial charge < -0.3 is 10.1 Å². The number of nitrogens with zero attached hydrogens (tertiary/aromatic N) is 1. The van der Waals surface area contributed by atoms with Gasteiger partial charge in [-0.2, -0.15) is 5.26 Å². The SMILES string of the molecule is N#Cc1ccc(NC(=O)COC(=O)C[C@H]2C=CCC2)cc1Cl. The molecule has 0 bridgehead atoms. The molecule has 1 aliphatic rings. The Balaban J connectivity index is 1.78. The molecule has 1 amide bonds. The number of nitrogens with one attached hydrogen (secondary N) is 1. The molecule has 0 aromatic heterocycles. The molecule has 1 N–H and O–H groups in total. The van der Waals surface area contributed by atoms with Gasteiger partial charge in [0.05, 0.1) is 17.0 Å². The Morgan fingerprint density at radius 2 is 2.27 bits per heavy atom. The highest BCUT2D eigenvalue weighted by Crippen LogP contribution is 2.21. The summed E-state index contributed by atoms with van der Waals surface area (Å²) in [6.45, 7) is -0.340. The van der Waals surface area contributed by atoms with Crippen molar-refractivity contribution in [2.24, 2.45) is 5.92 Å². The lowest BCUT2D eigenvalue weighted by atomic mass is 10.1. The van der Waals surface area contributed by atoms with E-state index in [0.29, 0.717) is 17.7 Å². The van der Waals surface area contributed by atoms with Gasteiger partial charge in [0.1, 0.15) is 6.07 Å². The van der Waals surface area contributed by atoms with Gasteiger partial charge in [0, 0.05) is 5.69 Å². The van der Waals surface area contributed by atoms with E-state index < -0.39 is 5.91 Å². The predicted molar refractivity (Wildman–Crippen MR) is 82.2 cm³/mol. The maximum absolute atomic E-state index is 11.7. The van der Waals surface area contributed by atoms with Gasteiger partial charge in [-0.1, -0.05) is 23.8 Å². The smallest absolute Gasteiger partial charge is 0.306 e. The van der Waals surface area contributed by atoms with E-state index in [1.54, 1.807) is 6.07 Å². The van der Waals surface area contributed by atoms with E-state index in [1.165, 1.54) is 12.1 Å². The molecule has 0 heterocycles. The molecule has 0 unspecified atom stereocenters. The highest BCUT2D eigenvalue weighted by Gasteiger charge is 2.16. The Morgan fingerprint density at radius 3 is 2.91 bits per heavy atom. The summed E-state index contributed by atoms with van der Waals surface area (Å²) in [7, 11) is 0. The molecule has 0 spiro atoms. The zero-order valence-electron chi connectivity index (χ0n) is 11.8. The van der Waals surface area contributed by atoms with E-state index in [9.17, 15) is 9.59 Å². The van der Waals surface area contributed by atoms with Crippen molar-refractivity contribution in [1.82, 2.24) is 0 Å². The van der Waals surface area contributed by atoms with Gasteiger partial charge in [0.15, 0.2) is 6.61 Å². The van der Waals surface area contributed by atoms with Gasteiger partial charge in [0.2, 0.25) is 0 Å². The Hall–Kier alpha value is -2.32. The maximum Gasteiger partial charge on any atom is 0.306 e. The standard InChI is InChI=1S/C16H15ClN2O3/c17-14-8-13(6-5-12(14)9-18)19-15(20)10-22-16(21)7-11-3-1-2-4-11/h1,3,5-6,8,11H,2,4,7,10H2,(H,19,20)/t11-/m0/s1. The Labute approximate surface area is 133 Å². The van der Waals surface area contributed by atoms with Crippen molar-refractivity contribution in [1.29, 1.82) is 5.26 Å². The van der Waals surface area contributed by atoms with E-state index in [-0.39, 0.29) is 23.5 Å². The molecule has 0 radical (unpaired) electrons. The van der Waals surface area contributed by atoms with Crippen LogP contribution in [0.1, 0.15) is 24.8 Å². The summed E-state index contributed by atoms with van der Waals surface area (Å²) in [4.78, 5) is 23.3. The van der Waals surface area contributed by atoms with Crippen LogP contribution in [0.3, 0.4) is 0 Å². The third kappa shape index (κ3) is 4.61. The second-order valence-corrected chi connectivity index (χ2v) is 5.39. The summed E-state index contributed by atoms with van der Waals surface area (Å²) in [6, 6.07) is 6.48. The van der Waals surface area contributed by atoms with Crippen LogP contribution in [0, 0.1) is 17.2 Å². The van der Waals surface area contributed by atoms with E-state index in [0.717, 1.165) is 12.8 Å². The van der Waals surface area contributed by atoms with E-state index in [1.807, 2.05) is 18.2 Å². The first-order valence-electron chi connectivity index (χ1n) is 6.90. The minimum absolute atomic E-state index is 0.216. The van der Waals surface area contributed by atoms with Crippen LogP contribution in [-0.2, 0) is 14.3 Å². The number of nitriles is 1. The average molecular weight is 319 g/mol. The monoisotopic (exact) mass is 318 g/mol. The zero-order valence-corrected chi connectivity index (χ0v) is 12.6. The van der Waals surface area contributed by atoms with Crippen LogP contribution < -0.4 is 5.32 Å². The van der Waals surface area contributed by atoms with Crippen LogP contribution in [0.5, 0.6) is 0 Å². The minimum atomic E-state index is -0.448. The summed E-state index contributed by atoms with van der Waals surface area (Å²) in [5.74, 6) is -0.617. The van der Waals surface area contributed by atoms with Gasteiger partial charge >= 0.3 is 5.97 Å². The summed E-state index contributed by atoms with van der Waals surface area (Å²) in [6.07, 6.45) is 6.27. The first-order chi connectivity index (χ1) is 10.6.